The van der Waals surface area contributed by atoms with Crippen LogP contribution in [0.15, 0.2) is 60.8 Å². The first-order valence-electron chi connectivity index (χ1n) is 12.5. The maximum atomic E-state index is 13.9. The van der Waals surface area contributed by atoms with E-state index < -0.39 is 23.7 Å². The van der Waals surface area contributed by atoms with E-state index in [2.05, 4.69) is 16.5 Å². The minimum absolute atomic E-state index is 0.0644. The molecule has 0 fully saturated rings. The third-order valence-corrected chi connectivity index (χ3v) is 8.20. The van der Waals surface area contributed by atoms with Gasteiger partial charge in [0.05, 0.1) is 39.5 Å². The van der Waals surface area contributed by atoms with Crippen molar-refractivity contribution < 1.29 is 18.8 Å². The lowest BCUT2D eigenvalue weighted by molar-refractivity contribution is 0.0629. The van der Waals surface area contributed by atoms with Crippen molar-refractivity contribution in [1.29, 1.82) is 5.26 Å². The highest BCUT2D eigenvalue weighted by molar-refractivity contribution is 7.14. The molecule has 0 spiro atoms. The fourth-order valence-corrected chi connectivity index (χ4v) is 6.33. The monoisotopic (exact) mass is 539 g/mol. The van der Waals surface area contributed by atoms with Crippen molar-refractivity contribution in [3.05, 3.63) is 98.6 Å². The van der Waals surface area contributed by atoms with Gasteiger partial charge < -0.3 is 5.32 Å². The summed E-state index contributed by atoms with van der Waals surface area (Å²) in [5.41, 5.74) is 3.26. The van der Waals surface area contributed by atoms with Crippen molar-refractivity contribution in [3.63, 3.8) is 0 Å². The van der Waals surface area contributed by atoms with E-state index in [-0.39, 0.29) is 18.9 Å². The Labute approximate surface area is 227 Å². The molecule has 2 aliphatic heterocycles. The molecule has 194 valence electrons. The van der Waals surface area contributed by atoms with Crippen molar-refractivity contribution in [3.8, 4) is 17.3 Å². The molecule has 1 atom stereocenters. The highest BCUT2D eigenvalue weighted by atomic mass is 32.1. The van der Waals surface area contributed by atoms with Gasteiger partial charge in [0.15, 0.2) is 0 Å². The van der Waals surface area contributed by atoms with Crippen molar-refractivity contribution in [2.45, 2.75) is 31.8 Å². The summed E-state index contributed by atoms with van der Waals surface area (Å²) < 4.78 is 15.7. The SMILES string of the molecule is N#Cc1cnn2c1-c1cc(C(=O)NC(Cc3cccc(F)c3)CN3C(=O)c4ccccc4C3=O)sc1CCC2. The molecule has 4 heterocycles. The van der Waals surface area contributed by atoms with Gasteiger partial charge in [0.1, 0.15) is 11.9 Å². The van der Waals surface area contributed by atoms with Gasteiger partial charge in [0, 0.05) is 23.5 Å². The molecule has 2 aromatic heterocycles. The number of fused-ring (bicyclic) bond motifs is 4. The van der Waals surface area contributed by atoms with Crippen molar-refractivity contribution in [2.75, 3.05) is 6.54 Å². The van der Waals surface area contributed by atoms with Gasteiger partial charge >= 0.3 is 0 Å². The number of rotatable bonds is 6. The Balaban J connectivity index is 1.29. The van der Waals surface area contributed by atoms with E-state index in [1.165, 1.54) is 23.5 Å². The summed E-state index contributed by atoms with van der Waals surface area (Å²) in [7, 11) is 0. The summed E-state index contributed by atoms with van der Waals surface area (Å²) in [6.45, 7) is 0.626. The molecule has 0 aliphatic carbocycles. The van der Waals surface area contributed by atoms with Gasteiger partial charge in [-0.2, -0.15) is 10.4 Å². The number of benzene rings is 2. The van der Waals surface area contributed by atoms with E-state index in [0.29, 0.717) is 39.4 Å². The quantitative estimate of drug-likeness (QED) is 0.370. The summed E-state index contributed by atoms with van der Waals surface area (Å²) in [6.07, 6.45) is 3.34. The largest absolute Gasteiger partial charge is 0.346 e. The number of halogens is 1. The Hall–Kier alpha value is -4.62. The molecule has 0 radical (unpaired) electrons. The molecule has 0 saturated heterocycles. The second-order valence-electron chi connectivity index (χ2n) is 9.56. The Morgan fingerprint density at radius 1 is 1.10 bits per heavy atom. The number of aryl methyl sites for hydroxylation is 2. The van der Waals surface area contributed by atoms with E-state index in [4.69, 9.17) is 0 Å². The van der Waals surface area contributed by atoms with Crippen LogP contribution in [0.3, 0.4) is 0 Å². The predicted molar refractivity (Wildman–Crippen MR) is 142 cm³/mol. The normalized spacial score (nSPS) is 14.7. The standard InChI is InChI=1S/C29H22FN5O3S/c30-19-6-3-5-17(11-19)12-20(16-34-28(37)21-7-1-2-8-22(21)29(34)38)33-27(36)25-13-23-24(39-25)9-4-10-35-26(23)18(14-31)15-32-35/h1-3,5-8,11,13,15,20H,4,9-10,12,16H2,(H,33,36). The molecule has 2 aliphatic rings. The Bertz CT molecular complexity index is 1650. The number of thiophene rings is 1. The first-order valence-corrected chi connectivity index (χ1v) is 13.3. The van der Waals surface area contributed by atoms with Gasteiger partial charge in [-0.05, 0) is 55.2 Å². The highest BCUT2D eigenvalue weighted by Gasteiger charge is 2.37. The Morgan fingerprint density at radius 3 is 2.59 bits per heavy atom. The first kappa shape index (κ1) is 24.7. The number of nitrogens with one attached hydrogen (secondary N) is 1. The van der Waals surface area contributed by atoms with Crippen molar-refractivity contribution >= 4 is 29.1 Å². The summed E-state index contributed by atoms with van der Waals surface area (Å²) in [6, 6.07) is 15.9. The molecule has 1 N–H and O–H groups in total. The van der Waals surface area contributed by atoms with Crippen LogP contribution in [0.5, 0.6) is 0 Å². The zero-order valence-corrected chi connectivity index (χ0v) is 21.5. The lowest BCUT2D eigenvalue weighted by atomic mass is 10.0. The van der Waals surface area contributed by atoms with E-state index in [1.807, 2.05) is 0 Å². The molecule has 10 heteroatoms. The molecule has 2 aromatic carbocycles. The number of amides is 3. The molecule has 8 nitrogen and oxygen atoms in total. The van der Waals surface area contributed by atoms with E-state index in [9.17, 15) is 24.0 Å². The summed E-state index contributed by atoms with van der Waals surface area (Å²) >= 11 is 1.36. The smallest absolute Gasteiger partial charge is 0.261 e. The van der Waals surface area contributed by atoms with Gasteiger partial charge in [-0.15, -0.1) is 11.3 Å². The van der Waals surface area contributed by atoms with Crippen LogP contribution in [0.25, 0.3) is 11.3 Å². The number of carbonyl (C=O) groups is 3. The van der Waals surface area contributed by atoms with Crippen LogP contribution in [-0.2, 0) is 19.4 Å². The summed E-state index contributed by atoms with van der Waals surface area (Å²) in [4.78, 5) is 42.2. The molecule has 1 unspecified atom stereocenters. The number of nitriles is 1. The highest BCUT2D eigenvalue weighted by Crippen LogP contribution is 2.37. The summed E-state index contributed by atoms with van der Waals surface area (Å²) in [5, 5.41) is 16.9. The minimum atomic E-state index is -0.663. The van der Waals surface area contributed by atoms with Gasteiger partial charge in [0.25, 0.3) is 17.7 Å². The number of hydrogen-bond acceptors (Lipinski definition) is 6. The molecule has 4 aromatic rings. The van der Waals surface area contributed by atoms with Crippen LogP contribution < -0.4 is 5.32 Å². The van der Waals surface area contributed by atoms with Crippen LogP contribution in [0, 0.1) is 17.1 Å². The number of nitrogens with zero attached hydrogens (tertiary/aromatic N) is 4. The number of hydrogen-bond donors (Lipinski definition) is 1. The van der Waals surface area contributed by atoms with E-state index in [1.54, 1.807) is 53.3 Å². The molecule has 6 rings (SSSR count). The Kier molecular flexibility index (Phi) is 6.29. The van der Waals surface area contributed by atoms with Gasteiger partial charge in [-0.25, -0.2) is 4.39 Å². The van der Waals surface area contributed by atoms with Crippen LogP contribution in [-0.4, -0.2) is 45.0 Å². The maximum Gasteiger partial charge on any atom is 0.261 e. The predicted octanol–water partition coefficient (Wildman–Crippen LogP) is 4.21. The second kappa shape index (κ2) is 9.93. The fourth-order valence-electron chi connectivity index (χ4n) is 5.23. The van der Waals surface area contributed by atoms with Crippen LogP contribution in [0.2, 0.25) is 0 Å². The third kappa shape index (κ3) is 4.51. The molecule has 0 bridgehead atoms. The fraction of sp³-hybridized carbons (Fsp3) is 0.207. The average molecular weight is 540 g/mol. The second-order valence-corrected chi connectivity index (χ2v) is 10.7. The molecular weight excluding hydrogens is 517 g/mol. The lowest BCUT2D eigenvalue weighted by Crippen LogP contribution is -2.46. The zero-order valence-electron chi connectivity index (χ0n) is 20.7. The van der Waals surface area contributed by atoms with E-state index >= 15 is 0 Å². The summed E-state index contributed by atoms with van der Waals surface area (Å²) in [5.74, 6) is -1.62. The van der Waals surface area contributed by atoms with Crippen LogP contribution in [0.4, 0.5) is 4.39 Å². The molecular formula is C29H22FN5O3S. The number of carbonyl (C=O) groups excluding carboxylic acids is 3. The Morgan fingerprint density at radius 2 is 1.87 bits per heavy atom. The van der Waals surface area contributed by atoms with Gasteiger partial charge in [-0.3, -0.25) is 24.0 Å². The lowest BCUT2D eigenvalue weighted by Gasteiger charge is -2.24. The van der Waals surface area contributed by atoms with Crippen molar-refractivity contribution in [2.24, 2.45) is 0 Å². The first-order chi connectivity index (χ1) is 18.9. The van der Waals surface area contributed by atoms with Gasteiger partial charge in [-0.1, -0.05) is 24.3 Å². The van der Waals surface area contributed by atoms with Crippen molar-refractivity contribution in [1.82, 2.24) is 20.0 Å². The van der Waals surface area contributed by atoms with Crippen LogP contribution >= 0.6 is 11.3 Å². The zero-order chi connectivity index (χ0) is 27.1. The van der Waals surface area contributed by atoms with E-state index in [0.717, 1.165) is 28.2 Å². The molecule has 0 saturated carbocycles. The topological polar surface area (TPSA) is 108 Å². The molecule has 39 heavy (non-hydrogen) atoms. The third-order valence-electron chi connectivity index (χ3n) is 7.01. The van der Waals surface area contributed by atoms with Gasteiger partial charge in [0.2, 0.25) is 0 Å². The van der Waals surface area contributed by atoms with Crippen LogP contribution in [0.1, 0.15) is 52.8 Å². The average Bonchev–Trinajstić information content (AvgIpc) is 3.57. The minimum Gasteiger partial charge on any atom is -0.346 e. The molecule has 3 amide bonds. The number of imide groups is 1. The maximum absolute atomic E-state index is 13.9. The number of aromatic nitrogens is 2.